The van der Waals surface area contributed by atoms with Gasteiger partial charge in [-0.15, -0.1) is 0 Å². The number of anilines is 2. The van der Waals surface area contributed by atoms with Gasteiger partial charge in [-0.1, -0.05) is 12.1 Å². The second kappa shape index (κ2) is 7.67. The molecule has 0 aliphatic rings. The number of carbonyl (C=O) groups is 1. The fourth-order valence-electron chi connectivity index (χ4n) is 2.86. The van der Waals surface area contributed by atoms with Crippen molar-refractivity contribution in [1.29, 1.82) is 0 Å². The van der Waals surface area contributed by atoms with Crippen LogP contribution in [0.1, 0.15) is 11.3 Å². The molecule has 3 aromatic heterocycles. The zero-order valence-electron chi connectivity index (χ0n) is 14.7. The summed E-state index contributed by atoms with van der Waals surface area (Å²) in [6.07, 6.45) is 7.17. The second-order valence-electron chi connectivity index (χ2n) is 6.12. The van der Waals surface area contributed by atoms with E-state index in [2.05, 4.69) is 30.8 Å². The van der Waals surface area contributed by atoms with Gasteiger partial charge in [0.25, 0.3) is 5.56 Å². The van der Waals surface area contributed by atoms with Gasteiger partial charge in [0.1, 0.15) is 0 Å². The molecule has 0 atom stereocenters. The van der Waals surface area contributed by atoms with Crippen LogP contribution >= 0.6 is 0 Å². The van der Waals surface area contributed by atoms with Gasteiger partial charge in [-0.05, 0) is 35.9 Å². The van der Waals surface area contributed by atoms with Gasteiger partial charge in [-0.3, -0.25) is 14.8 Å². The maximum Gasteiger partial charge on any atom is 0.323 e. The largest absolute Gasteiger partial charge is 0.323 e. The quantitative estimate of drug-likeness (QED) is 0.510. The summed E-state index contributed by atoms with van der Waals surface area (Å²) in [7, 11) is 0. The first-order valence-electron chi connectivity index (χ1n) is 8.57. The Hall–Kier alpha value is -4.07. The molecular formula is C20H16N6O2. The molecule has 8 nitrogen and oxygen atoms in total. The van der Waals surface area contributed by atoms with Gasteiger partial charge in [0.05, 0.1) is 23.0 Å². The molecule has 1 aromatic carbocycles. The average molecular weight is 372 g/mol. The average Bonchev–Trinajstić information content (AvgIpc) is 2.72. The Bertz CT molecular complexity index is 1180. The molecule has 0 unspecified atom stereocenters. The molecule has 0 aliphatic heterocycles. The van der Waals surface area contributed by atoms with Crippen molar-refractivity contribution in [3.63, 3.8) is 0 Å². The third-order valence-electron chi connectivity index (χ3n) is 4.14. The first kappa shape index (κ1) is 17.3. The lowest BCUT2D eigenvalue weighted by atomic mass is 10.1. The molecule has 3 N–H and O–H groups in total. The minimum atomic E-state index is -0.423. The number of carbonyl (C=O) groups excluding carboxylic acids is 1. The number of nitrogens with zero attached hydrogens (tertiary/aromatic N) is 3. The number of rotatable bonds is 4. The molecule has 0 fully saturated rings. The molecule has 28 heavy (non-hydrogen) atoms. The number of aromatic nitrogens is 4. The Labute approximate surface area is 159 Å². The summed E-state index contributed by atoms with van der Waals surface area (Å²) in [6.45, 7) is 0. The van der Waals surface area contributed by atoms with Gasteiger partial charge in [-0.2, -0.15) is 5.10 Å². The minimum Gasteiger partial charge on any atom is -0.308 e. The number of amides is 2. The van der Waals surface area contributed by atoms with E-state index in [1.807, 2.05) is 12.1 Å². The number of benzene rings is 1. The summed E-state index contributed by atoms with van der Waals surface area (Å²) in [5.41, 5.74) is 2.47. The van der Waals surface area contributed by atoms with Gasteiger partial charge >= 0.3 is 6.03 Å². The van der Waals surface area contributed by atoms with Crippen molar-refractivity contribution in [2.45, 2.75) is 6.42 Å². The SMILES string of the molecule is O=C(Nc1cccnc1)Nc1ccc2c(Cc3cccnc3)n[nH]c(=O)c2c1. The Morgan fingerprint density at radius 3 is 2.46 bits per heavy atom. The molecule has 0 saturated carbocycles. The fraction of sp³-hybridized carbons (Fsp3) is 0.0500. The highest BCUT2D eigenvalue weighted by molar-refractivity contribution is 6.01. The topological polar surface area (TPSA) is 113 Å². The van der Waals surface area contributed by atoms with Crippen LogP contribution in [0.15, 0.2) is 72.0 Å². The van der Waals surface area contributed by atoms with Crippen molar-refractivity contribution in [2.24, 2.45) is 0 Å². The van der Waals surface area contributed by atoms with Crippen LogP contribution in [-0.2, 0) is 6.42 Å². The summed E-state index contributed by atoms with van der Waals surface area (Å²) in [4.78, 5) is 32.4. The van der Waals surface area contributed by atoms with E-state index < -0.39 is 6.03 Å². The fourth-order valence-corrected chi connectivity index (χ4v) is 2.86. The van der Waals surface area contributed by atoms with E-state index in [1.165, 1.54) is 0 Å². The zero-order valence-corrected chi connectivity index (χ0v) is 14.7. The summed E-state index contributed by atoms with van der Waals surface area (Å²) >= 11 is 0. The van der Waals surface area contributed by atoms with Crippen LogP contribution in [0.4, 0.5) is 16.2 Å². The Morgan fingerprint density at radius 2 is 1.71 bits per heavy atom. The monoisotopic (exact) mass is 372 g/mol. The second-order valence-corrected chi connectivity index (χ2v) is 6.12. The number of pyridine rings is 2. The summed E-state index contributed by atoms with van der Waals surface area (Å²) < 4.78 is 0. The van der Waals surface area contributed by atoms with Crippen LogP contribution in [0.3, 0.4) is 0 Å². The molecule has 3 heterocycles. The zero-order chi connectivity index (χ0) is 19.3. The molecule has 0 saturated heterocycles. The lowest BCUT2D eigenvalue weighted by Gasteiger charge is -2.09. The minimum absolute atomic E-state index is 0.318. The van der Waals surface area contributed by atoms with Crippen molar-refractivity contribution in [3.05, 3.63) is 88.9 Å². The van der Waals surface area contributed by atoms with Crippen LogP contribution < -0.4 is 16.2 Å². The molecule has 138 valence electrons. The molecule has 8 heteroatoms. The van der Waals surface area contributed by atoms with Crippen molar-refractivity contribution < 1.29 is 4.79 Å². The predicted octanol–water partition coefficient (Wildman–Crippen LogP) is 2.95. The van der Waals surface area contributed by atoms with Gasteiger partial charge in [0.2, 0.25) is 0 Å². The van der Waals surface area contributed by atoms with E-state index in [1.54, 1.807) is 55.1 Å². The summed E-state index contributed by atoms with van der Waals surface area (Å²) in [5, 5.41) is 13.3. The predicted molar refractivity (Wildman–Crippen MR) is 106 cm³/mol. The maximum atomic E-state index is 12.2. The molecule has 0 spiro atoms. The van der Waals surface area contributed by atoms with Gasteiger partial charge in [0.15, 0.2) is 0 Å². The Morgan fingerprint density at radius 1 is 0.929 bits per heavy atom. The van der Waals surface area contributed by atoms with Gasteiger partial charge in [0, 0.05) is 36.1 Å². The number of aromatic amines is 1. The standard InChI is InChI=1S/C20H16N6O2/c27-19-17-10-14(23-20(28)24-15-4-2-8-22-12-15)5-6-16(17)18(25-26-19)9-13-3-1-7-21-11-13/h1-8,10-12H,9H2,(H,26,27)(H2,23,24,28). The Kier molecular flexibility index (Phi) is 4.75. The normalized spacial score (nSPS) is 10.6. The molecule has 0 aliphatic carbocycles. The number of hydrogen-bond acceptors (Lipinski definition) is 5. The van der Waals surface area contributed by atoms with E-state index in [4.69, 9.17) is 0 Å². The first-order chi connectivity index (χ1) is 13.7. The van der Waals surface area contributed by atoms with Crippen molar-refractivity contribution in [2.75, 3.05) is 10.6 Å². The molecule has 0 radical (unpaired) electrons. The molecule has 2 amide bonds. The molecule has 0 bridgehead atoms. The van der Waals surface area contributed by atoms with Crippen molar-refractivity contribution in [3.8, 4) is 0 Å². The molecule has 4 aromatic rings. The number of hydrogen-bond donors (Lipinski definition) is 3. The van der Waals surface area contributed by atoms with Crippen LogP contribution in [0.5, 0.6) is 0 Å². The third kappa shape index (κ3) is 3.85. The van der Waals surface area contributed by atoms with Gasteiger partial charge < -0.3 is 10.6 Å². The van der Waals surface area contributed by atoms with Gasteiger partial charge in [-0.25, -0.2) is 9.89 Å². The number of fused-ring (bicyclic) bond motifs is 1. The van der Waals surface area contributed by atoms with E-state index in [0.717, 1.165) is 16.6 Å². The number of H-pyrrole nitrogens is 1. The highest BCUT2D eigenvalue weighted by atomic mass is 16.2. The smallest absolute Gasteiger partial charge is 0.308 e. The first-order valence-corrected chi connectivity index (χ1v) is 8.57. The maximum absolute atomic E-state index is 12.2. The van der Waals surface area contributed by atoms with Crippen LogP contribution in [-0.4, -0.2) is 26.2 Å². The summed E-state index contributed by atoms with van der Waals surface area (Å²) in [6, 6.07) is 12.0. The molecular weight excluding hydrogens is 356 g/mol. The van der Waals surface area contributed by atoms with Crippen LogP contribution in [0.25, 0.3) is 10.8 Å². The highest BCUT2D eigenvalue weighted by Gasteiger charge is 2.10. The van der Waals surface area contributed by atoms with E-state index in [-0.39, 0.29) is 5.56 Å². The summed E-state index contributed by atoms with van der Waals surface area (Å²) in [5.74, 6) is 0. The van der Waals surface area contributed by atoms with E-state index in [9.17, 15) is 9.59 Å². The third-order valence-corrected chi connectivity index (χ3v) is 4.14. The molecule has 4 rings (SSSR count). The van der Waals surface area contributed by atoms with E-state index in [0.29, 0.717) is 23.2 Å². The van der Waals surface area contributed by atoms with Crippen molar-refractivity contribution in [1.82, 2.24) is 20.2 Å². The van der Waals surface area contributed by atoms with Crippen LogP contribution in [0.2, 0.25) is 0 Å². The highest BCUT2D eigenvalue weighted by Crippen LogP contribution is 2.20. The Balaban J connectivity index is 1.59. The van der Waals surface area contributed by atoms with Crippen molar-refractivity contribution >= 4 is 28.2 Å². The van der Waals surface area contributed by atoms with E-state index >= 15 is 0 Å². The lowest BCUT2D eigenvalue weighted by Crippen LogP contribution is -2.20. The number of nitrogens with one attached hydrogen (secondary N) is 3. The number of urea groups is 1. The lowest BCUT2D eigenvalue weighted by molar-refractivity contribution is 0.262. The van der Waals surface area contributed by atoms with Crippen LogP contribution in [0, 0.1) is 0 Å².